The molecule has 0 fully saturated rings. The predicted octanol–water partition coefficient (Wildman–Crippen LogP) is 3.73. The van der Waals surface area contributed by atoms with Gasteiger partial charge in [0.25, 0.3) is 30.4 Å². The number of phenolic OH excluding ortho intramolecular Hbond substituents is 2. The van der Waals surface area contributed by atoms with Gasteiger partial charge in [-0.15, -0.1) is 20.5 Å². The van der Waals surface area contributed by atoms with Crippen molar-refractivity contribution in [2.24, 2.45) is 20.5 Å². The molecule has 0 bridgehead atoms. The van der Waals surface area contributed by atoms with E-state index in [1.54, 1.807) is 0 Å². The van der Waals surface area contributed by atoms with Crippen LogP contribution in [0.15, 0.2) is 101 Å². The summed E-state index contributed by atoms with van der Waals surface area (Å²) in [5.41, 5.74) is -3.45. The van der Waals surface area contributed by atoms with Crippen molar-refractivity contribution < 1.29 is 62.1 Å². The number of hydrogen-bond acceptors (Lipinski definition) is 15. The fourth-order valence-corrected chi connectivity index (χ4v) is 6.32. The van der Waals surface area contributed by atoms with Gasteiger partial charge in [0.05, 0.1) is 10.3 Å². The molecule has 5 N–H and O–H groups in total. The number of benzene rings is 4. The Balaban J connectivity index is 2.07. The molecule has 22 heteroatoms. The van der Waals surface area contributed by atoms with E-state index in [0.29, 0.717) is 12.1 Å². The number of nitrogens with zero attached hydrogens (tertiary/aromatic N) is 4. The maximum atomic E-state index is 12.2. The lowest BCUT2D eigenvalue weighted by molar-refractivity contribution is 0.454. The Labute approximate surface area is 247 Å². The van der Waals surface area contributed by atoms with Gasteiger partial charge in [-0.05, 0) is 41.8 Å². The summed E-state index contributed by atoms with van der Waals surface area (Å²) in [6.45, 7) is 0. The molecule has 4 aromatic carbocycles. The predicted molar refractivity (Wildman–Crippen MR) is 146 cm³/mol. The van der Waals surface area contributed by atoms with Gasteiger partial charge in [-0.3, -0.25) is 13.7 Å². The molecule has 0 aromatic heterocycles. The molecule has 0 radical (unpaired) electrons. The summed E-state index contributed by atoms with van der Waals surface area (Å²) >= 11 is 0. The maximum absolute atomic E-state index is 12.2. The lowest BCUT2D eigenvalue weighted by Crippen LogP contribution is -2.02. The first-order valence-electron chi connectivity index (χ1n) is 11.2. The Bertz CT molecular complexity index is 2190. The van der Waals surface area contributed by atoms with Crippen molar-refractivity contribution >= 4 is 74.0 Å². The normalized spacial score (nSPS) is 13.3. The van der Waals surface area contributed by atoms with Crippen LogP contribution >= 0.6 is 0 Å². The quantitative estimate of drug-likeness (QED) is 0.130. The van der Waals surface area contributed by atoms with Crippen molar-refractivity contribution in [1.82, 2.24) is 0 Å². The Morgan fingerprint density at radius 2 is 0.886 bits per heavy atom. The Morgan fingerprint density at radius 1 is 0.523 bits per heavy atom. The molecule has 0 saturated carbocycles. The van der Waals surface area contributed by atoms with Gasteiger partial charge in [0.15, 0.2) is 11.5 Å². The second-order valence-corrected chi connectivity index (χ2v) is 14.0. The Kier molecular flexibility index (Phi) is 8.31. The molecule has 232 valence electrons. The van der Waals surface area contributed by atoms with Crippen LogP contribution < -0.4 is 0 Å². The lowest BCUT2D eigenvalue weighted by Gasteiger charge is -2.16. The van der Waals surface area contributed by atoms with E-state index in [2.05, 4.69) is 20.5 Å². The van der Waals surface area contributed by atoms with Crippen molar-refractivity contribution in [3.8, 4) is 11.5 Å². The molecule has 0 atom stereocenters. The highest BCUT2D eigenvalue weighted by molar-refractivity contribution is 7.86. The molecule has 4 rings (SSSR count). The van der Waals surface area contributed by atoms with Crippen LogP contribution in [-0.2, 0) is 40.5 Å². The molecule has 0 aliphatic heterocycles. The van der Waals surface area contributed by atoms with E-state index >= 15 is 0 Å². The van der Waals surface area contributed by atoms with Crippen LogP contribution in [0, 0.1) is 0 Å². The molecule has 0 heterocycles. The van der Waals surface area contributed by atoms with Crippen LogP contribution in [0.3, 0.4) is 0 Å². The van der Waals surface area contributed by atoms with Crippen LogP contribution in [-0.4, -0.2) is 62.1 Å². The van der Waals surface area contributed by atoms with E-state index in [1.165, 1.54) is 24.3 Å². The van der Waals surface area contributed by atoms with Gasteiger partial charge in [0.1, 0.15) is 47.6 Å². The van der Waals surface area contributed by atoms with Crippen LogP contribution in [0.5, 0.6) is 11.5 Å². The number of fused-ring (bicyclic) bond motifs is 1. The minimum atomic E-state index is -5.57. The Hall–Kier alpha value is -4.42. The third kappa shape index (κ3) is 6.56. The second-order valence-electron chi connectivity index (χ2n) is 8.46. The van der Waals surface area contributed by atoms with Gasteiger partial charge in [0, 0.05) is 0 Å². The number of azo groups is 2. The van der Waals surface area contributed by atoms with Gasteiger partial charge >= 0.3 is 0 Å². The monoisotopic (exact) mass is 687 g/mol. The third-order valence-electron chi connectivity index (χ3n) is 5.60. The van der Waals surface area contributed by atoms with Gasteiger partial charge in [-0.1, -0.05) is 24.3 Å². The van der Waals surface area contributed by atoms with E-state index < -0.39 is 105 Å². The maximum Gasteiger partial charge on any atom is 0.296 e. The van der Waals surface area contributed by atoms with Gasteiger partial charge < -0.3 is 14.8 Å². The molecule has 0 unspecified atom stereocenters. The first-order chi connectivity index (χ1) is 20.2. The SMILES string of the molecule is O=S(=O)([O-])c1cc2cc(S(=O)(=O)O)c(N=Nc3ccccc3S(=O)(=O)O)c(O)c2c(O)c1N=Nc1ccccc1S(=O)(=O)O. The summed E-state index contributed by atoms with van der Waals surface area (Å²) in [6.07, 6.45) is 0. The number of aromatic hydroxyl groups is 2. The highest BCUT2D eigenvalue weighted by atomic mass is 32.2. The highest BCUT2D eigenvalue weighted by Gasteiger charge is 2.28. The van der Waals surface area contributed by atoms with E-state index in [-0.39, 0.29) is 0 Å². The molecule has 0 spiro atoms. The zero-order valence-electron chi connectivity index (χ0n) is 21.1. The molecule has 18 nitrogen and oxygen atoms in total. The highest BCUT2D eigenvalue weighted by Crippen LogP contribution is 2.50. The minimum absolute atomic E-state index is 0.448. The summed E-state index contributed by atoms with van der Waals surface area (Å²) in [4.78, 5) is -4.18. The Morgan fingerprint density at radius 3 is 1.27 bits per heavy atom. The lowest BCUT2D eigenvalue weighted by atomic mass is 10.1. The smallest absolute Gasteiger partial charge is 0.296 e. The van der Waals surface area contributed by atoms with E-state index in [4.69, 9.17) is 0 Å². The first-order valence-corrected chi connectivity index (χ1v) is 16.9. The molecule has 0 saturated heterocycles. The van der Waals surface area contributed by atoms with Crippen molar-refractivity contribution in [3.05, 3.63) is 60.7 Å². The molecular formula is C22H15N4O14S4-. The topological polar surface area (TPSA) is 310 Å². The van der Waals surface area contributed by atoms with E-state index in [9.17, 15) is 62.1 Å². The van der Waals surface area contributed by atoms with E-state index in [0.717, 1.165) is 24.3 Å². The molecule has 0 aliphatic rings. The largest absolute Gasteiger partial charge is 0.744 e. The van der Waals surface area contributed by atoms with Crippen LogP contribution in [0.2, 0.25) is 0 Å². The van der Waals surface area contributed by atoms with Crippen LogP contribution in [0.4, 0.5) is 22.7 Å². The first kappa shape index (κ1) is 32.5. The van der Waals surface area contributed by atoms with Crippen molar-refractivity contribution in [2.75, 3.05) is 0 Å². The number of hydrogen-bond donors (Lipinski definition) is 5. The summed E-state index contributed by atoms with van der Waals surface area (Å²) in [7, 11) is -20.7. The van der Waals surface area contributed by atoms with Gasteiger partial charge in [0.2, 0.25) is 0 Å². The summed E-state index contributed by atoms with van der Waals surface area (Å²) < 4.78 is 136. The average Bonchev–Trinajstić information content (AvgIpc) is 2.89. The standard InChI is InChI=1S/C22H16N4O14S4/c27-21-18-11(9-16(43(35,36)37)19(21)25-23-12-5-1-3-7-14(12)41(29,30)31)10-17(44(38,39)40)20(22(18)28)26-24-13-6-2-4-8-15(13)42(32,33)34/h1-10,27-28H,(H,29,30,31)(H,32,33,34)(H,35,36,37)(H,38,39,40)/p-1. The van der Waals surface area contributed by atoms with E-state index in [1.807, 2.05) is 0 Å². The summed E-state index contributed by atoms with van der Waals surface area (Å²) in [6, 6.07) is 9.65. The third-order valence-corrected chi connectivity index (χ3v) is 9.12. The second kappa shape index (κ2) is 11.3. The number of rotatable bonds is 8. The number of phenols is 2. The summed E-state index contributed by atoms with van der Waals surface area (Å²) in [5, 5.41) is 34.3. The average molecular weight is 688 g/mol. The van der Waals surface area contributed by atoms with Crippen LogP contribution in [0.1, 0.15) is 0 Å². The summed E-state index contributed by atoms with van der Waals surface area (Å²) in [5.74, 6) is -2.65. The molecule has 0 amide bonds. The van der Waals surface area contributed by atoms with Crippen molar-refractivity contribution in [2.45, 2.75) is 19.6 Å². The fraction of sp³-hybridized carbons (Fsp3) is 0. The molecule has 44 heavy (non-hydrogen) atoms. The minimum Gasteiger partial charge on any atom is -0.744 e. The van der Waals surface area contributed by atoms with Gasteiger partial charge in [-0.25, -0.2) is 8.42 Å². The fourth-order valence-electron chi connectivity index (χ4n) is 3.77. The molecule has 0 aliphatic carbocycles. The van der Waals surface area contributed by atoms with Gasteiger partial charge in [-0.2, -0.15) is 25.3 Å². The zero-order valence-corrected chi connectivity index (χ0v) is 24.4. The zero-order chi connectivity index (χ0) is 32.8. The van der Waals surface area contributed by atoms with Crippen molar-refractivity contribution in [1.29, 1.82) is 0 Å². The molecular weight excluding hydrogens is 673 g/mol. The van der Waals surface area contributed by atoms with Crippen LogP contribution in [0.25, 0.3) is 10.8 Å². The molecule has 4 aromatic rings. The van der Waals surface area contributed by atoms with Crippen molar-refractivity contribution in [3.63, 3.8) is 0 Å².